The molecule has 0 aromatic rings. The SMILES string of the molecule is CCC1CCC(C)N1C(=O)C(S)C(C)C. The average molecular weight is 229 g/mol. The molecular formula is C12H23NOS. The summed E-state index contributed by atoms with van der Waals surface area (Å²) in [6, 6.07) is 0.844. The van der Waals surface area contributed by atoms with E-state index >= 15 is 0 Å². The van der Waals surface area contributed by atoms with Crippen LogP contribution in [0.15, 0.2) is 0 Å². The predicted molar refractivity (Wildman–Crippen MR) is 67.2 cm³/mol. The molecule has 0 N–H and O–H groups in total. The minimum absolute atomic E-state index is 0.139. The van der Waals surface area contributed by atoms with Gasteiger partial charge in [-0.25, -0.2) is 0 Å². The van der Waals surface area contributed by atoms with Crippen LogP contribution in [0.5, 0.6) is 0 Å². The number of carbonyl (C=O) groups is 1. The Morgan fingerprint density at radius 3 is 2.53 bits per heavy atom. The van der Waals surface area contributed by atoms with Crippen LogP contribution in [0.2, 0.25) is 0 Å². The van der Waals surface area contributed by atoms with Crippen LogP contribution in [-0.2, 0) is 4.79 Å². The van der Waals surface area contributed by atoms with E-state index < -0.39 is 0 Å². The van der Waals surface area contributed by atoms with Gasteiger partial charge in [0.25, 0.3) is 0 Å². The maximum atomic E-state index is 12.2. The Labute approximate surface area is 98.8 Å². The van der Waals surface area contributed by atoms with Gasteiger partial charge >= 0.3 is 0 Å². The fourth-order valence-electron chi connectivity index (χ4n) is 2.31. The van der Waals surface area contributed by atoms with Crippen molar-refractivity contribution in [2.75, 3.05) is 0 Å². The summed E-state index contributed by atoms with van der Waals surface area (Å²) in [5.74, 6) is 0.538. The summed E-state index contributed by atoms with van der Waals surface area (Å²) in [7, 11) is 0. The van der Waals surface area contributed by atoms with Crippen molar-refractivity contribution in [3.63, 3.8) is 0 Å². The van der Waals surface area contributed by atoms with Crippen molar-refractivity contribution < 1.29 is 4.79 Å². The lowest BCUT2D eigenvalue weighted by molar-refractivity contribution is -0.133. The molecule has 15 heavy (non-hydrogen) atoms. The van der Waals surface area contributed by atoms with Crippen molar-refractivity contribution in [2.45, 2.75) is 64.3 Å². The van der Waals surface area contributed by atoms with Crippen molar-refractivity contribution in [3.8, 4) is 0 Å². The van der Waals surface area contributed by atoms with Crippen molar-refractivity contribution in [3.05, 3.63) is 0 Å². The van der Waals surface area contributed by atoms with Crippen LogP contribution in [-0.4, -0.2) is 28.1 Å². The molecule has 1 heterocycles. The van der Waals surface area contributed by atoms with Crippen LogP contribution >= 0.6 is 12.6 Å². The molecule has 0 radical (unpaired) electrons. The minimum Gasteiger partial charge on any atom is -0.336 e. The first-order valence-electron chi connectivity index (χ1n) is 5.99. The highest BCUT2D eigenvalue weighted by atomic mass is 32.1. The molecular weight excluding hydrogens is 206 g/mol. The Morgan fingerprint density at radius 2 is 2.07 bits per heavy atom. The van der Waals surface area contributed by atoms with Crippen LogP contribution in [0.25, 0.3) is 0 Å². The van der Waals surface area contributed by atoms with Gasteiger partial charge in [-0.15, -0.1) is 0 Å². The first-order valence-corrected chi connectivity index (χ1v) is 6.50. The van der Waals surface area contributed by atoms with Crippen LogP contribution < -0.4 is 0 Å². The number of hydrogen-bond donors (Lipinski definition) is 1. The van der Waals surface area contributed by atoms with Crippen LogP contribution in [0.3, 0.4) is 0 Å². The number of amides is 1. The third-order valence-electron chi connectivity index (χ3n) is 3.40. The molecule has 1 saturated heterocycles. The van der Waals surface area contributed by atoms with Gasteiger partial charge in [0.05, 0.1) is 5.25 Å². The second-order valence-corrected chi connectivity index (χ2v) is 5.48. The van der Waals surface area contributed by atoms with E-state index in [0.717, 1.165) is 19.3 Å². The number of hydrogen-bond acceptors (Lipinski definition) is 2. The molecule has 1 aliphatic rings. The zero-order valence-electron chi connectivity index (χ0n) is 10.2. The fraction of sp³-hybridized carbons (Fsp3) is 0.917. The van der Waals surface area contributed by atoms with Crippen molar-refractivity contribution >= 4 is 18.5 Å². The van der Waals surface area contributed by atoms with Gasteiger partial charge in [0.2, 0.25) is 5.91 Å². The Kier molecular flexibility index (Phi) is 4.50. The summed E-state index contributed by atoms with van der Waals surface area (Å²) in [5, 5.41) is -0.139. The monoisotopic (exact) mass is 229 g/mol. The molecule has 3 atom stereocenters. The Morgan fingerprint density at radius 1 is 1.47 bits per heavy atom. The second kappa shape index (κ2) is 5.24. The van der Waals surface area contributed by atoms with Gasteiger partial charge < -0.3 is 4.90 Å². The van der Waals surface area contributed by atoms with Crippen LogP contribution in [0, 0.1) is 5.92 Å². The fourth-order valence-corrected chi connectivity index (χ4v) is 2.44. The molecule has 0 bridgehead atoms. The summed E-state index contributed by atoms with van der Waals surface area (Å²) < 4.78 is 0. The van der Waals surface area contributed by atoms with E-state index in [9.17, 15) is 4.79 Å². The van der Waals surface area contributed by atoms with Gasteiger partial charge in [-0.3, -0.25) is 4.79 Å². The Hall–Kier alpha value is -0.180. The molecule has 0 aromatic heterocycles. The molecule has 3 heteroatoms. The van der Waals surface area contributed by atoms with Gasteiger partial charge in [-0.2, -0.15) is 12.6 Å². The standard InChI is InChI=1S/C12H23NOS/c1-5-10-7-6-9(4)13(10)12(14)11(15)8(2)3/h8-11,15H,5-7H2,1-4H3. The highest BCUT2D eigenvalue weighted by Crippen LogP contribution is 2.28. The topological polar surface area (TPSA) is 20.3 Å². The molecule has 1 aliphatic heterocycles. The molecule has 1 amide bonds. The van der Waals surface area contributed by atoms with E-state index in [2.05, 4.69) is 45.2 Å². The van der Waals surface area contributed by atoms with E-state index in [0.29, 0.717) is 18.0 Å². The van der Waals surface area contributed by atoms with E-state index in [1.54, 1.807) is 0 Å². The third-order valence-corrected chi connectivity index (χ3v) is 4.21. The summed E-state index contributed by atoms with van der Waals surface area (Å²) in [6.07, 6.45) is 3.36. The van der Waals surface area contributed by atoms with E-state index in [1.807, 2.05) is 0 Å². The molecule has 0 aromatic carbocycles. The highest BCUT2D eigenvalue weighted by molar-refractivity contribution is 7.81. The Bertz CT molecular complexity index is 230. The molecule has 2 nitrogen and oxygen atoms in total. The van der Waals surface area contributed by atoms with Crippen LogP contribution in [0.4, 0.5) is 0 Å². The molecule has 0 aliphatic carbocycles. The van der Waals surface area contributed by atoms with Gasteiger partial charge in [0.15, 0.2) is 0 Å². The number of likely N-dealkylation sites (tertiary alicyclic amines) is 1. The minimum atomic E-state index is -0.139. The zero-order chi connectivity index (χ0) is 11.6. The first-order chi connectivity index (χ1) is 6.99. The summed E-state index contributed by atoms with van der Waals surface area (Å²) >= 11 is 4.42. The number of carbonyl (C=O) groups excluding carboxylic acids is 1. The zero-order valence-corrected chi connectivity index (χ0v) is 11.1. The van der Waals surface area contributed by atoms with E-state index in [4.69, 9.17) is 0 Å². The van der Waals surface area contributed by atoms with Gasteiger partial charge in [0.1, 0.15) is 0 Å². The molecule has 3 unspecified atom stereocenters. The van der Waals surface area contributed by atoms with E-state index in [-0.39, 0.29) is 11.2 Å². The average Bonchev–Trinajstić information content (AvgIpc) is 2.57. The Balaban J connectivity index is 2.72. The molecule has 88 valence electrons. The summed E-state index contributed by atoms with van der Waals surface area (Å²) in [6.45, 7) is 8.41. The normalized spacial score (nSPS) is 28.5. The largest absolute Gasteiger partial charge is 0.336 e. The van der Waals surface area contributed by atoms with Gasteiger partial charge in [-0.1, -0.05) is 20.8 Å². The lowest BCUT2D eigenvalue weighted by Gasteiger charge is -2.31. The smallest absolute Gasteiger partial charge is 0.236 e. The molecule has 1 rings (SSSR count). The second-order valence-electron chi connectivity index (χ2n) is 4.92. The number of nitrogens with zero attached hydrogens (tertiary/aromatic N) is 1. The molecule has 0 spiro atoms. The maximum absolute atomic E-state index is 12.2. The maximum Gasteiger partial charge on any atom is 0.236 e. The number of thiol groups is 1. The highest BCUT2D eigenvalue weighted by Gasteiger charge is 2.36. The number of rotatable bonds is 3. The molecule has 1 fully saturated rings. The van der Waals surface area contributed by atoms with Crippen molar-refractivity contribution in [1.29, 1.82) is 0 Å². The lowest BCUT2D eigenvalue weighted by atomic mass is 10.1. The van der Waals surface area contributed by atoms with Crippen molar-refractivity contribution in [1.82, 2.24) is 4.90 Å². The molecule has 0 saturated carbocycles. The van der Waals surface area contributed by atoms with Crippen LogP contribution in [0.1, 0.15) is 47.0 Å². The summed E-state index contributed by atoms with van der Waals surface area (Å²) in [4.78, 5) is 14.3. The third kappa shape index (κ3) is 2.68. The quantitative estimate of drug-likeness (QED) is 0.738. The van der Waals surface area contributed by atoms with E-state index in [1.165, 1.54) is 0 Å². The van der Waals surface area contributed by atoms with Crippen molar-refractivity contribution in [2.24, 2.45) is 5.92 Å². The predicted octanol–water partition coefficient (Wildman–Crippen LogP) is 2.73. The lowest BCUT2D eigenvalue weighted by Crippen LogP contribution is -2.45. The van der Waals surface area contributed by atoms with Gasteiger partial charge in [-0.05, 0) is 32.1 Å². The first kappa shape index (κ1) is 12.9. The van der Waals surface area contributed by atoms with Gasteiger partial charge in [0, 0.05) is 12.1 Å². The summed E-state index contributed by atoms with van der Waals surface area (Å²) in [5.41, 5.74) is 0.